The van der Waals surface area contributed by atoms with Gasteiger partial charge in [0.15, 0.2) is 0 Å². The molecule has 0 radical (unpaired) electrons. The van der Waals surface area contributed by atoms with Crippen LogP contribution < -0.4 is 9.47 Å². The summed E-state index contributed by atoms with van der Waals surface area (Å²) in [5.41, 5.74) is 5.46. The standard InChI is InChI=1S/C15H14O3.C15H16O2/c1-2-18-14-5-3-4-13(10-14)11-6-8-12(9-7-11)15(16)17;1-2-17-15-5-3-4-14(10-15)13-8-6-12(11-16)7-9-13/h3-10H,2H2,1H3,(H,16,17);3-10,16H,2,11H2,1H3. The van der Waals surface area contributed by atoms with Crippen LogP contribution in [0.2, 0.25) is 0 Å². The number of aliphatic hydroxyl groups excluding tert-OH is 1. The minimum absolute atomic E-state index is 0.0826. The average molecular weight is 471 g/mol. The second-order valence-electron chi connectivity index (χ2n) is 7.66. The van der Waals surface area contributed by atoms with Gasteiger partial charge in [-0.25, -0.2) is 4.79 Å². The lowest BCUT2D eigenvalue weighted by atomic mass is 10.0. The Morgan fingerprint density at radius 2 is 1.11 bits per heavy atom. The quantitative estimate of drug-likeness (QED) is 0.300. The van der Waals surface area contributed by atoms with Gasteiger partial charge in [-0.2, -0.15) is 0 Å². The highest BCUT2D eigenvalue weighted by atomic mass is 16.5. The average Bonchev–Trinajstić information content (AvgIpc) is 2.90. The molecular formula is C30H30O5. The van der Waals surface area contributed by atoms with E-state index in [4.69, 9.17) is 19.7 Å². The first kappa shape index (κ1) is 25.5. The van der Waals surface area contributed by atoms with Gasteiger partial charge in [0.25, 0.3) is 0 Å². The smallest absolute Gasteiger partial charge is 0.335 e. The van der Waals surface area contributed by atoms with E-state index in [1.54, 1.807) is 24.3 Å². The molecule has 0 fully saturated rings. The number of ether oxygens (including phenoxy) is 2. The van der Waals surface area contributed by atoms with Crippen molar-refractivity contribution < 1.29 is 24.5 Å². The van der Waals surface area contributed by atoms with Crippen molar-refractivity contribution >= 4 is 5.97 Å². The van der Waals surface area contributed by atoms with Gasteiger partial charge in [0.05, 0.1) is 25.4 Å². The molecule has 4 rings (SSSR count). The van der Waals surface area contributed by atoms with Crippen molar-refractivity contribution in [2.75, 3.05) is 13.2 Å². The van der Waals surface area contributed by atoms with Crippen LogP contribution in [0.3, 0.4) is 0 Å². The first-order chi connectivity index (χ1) is 17.0. The van der Waals surface area contributed by atoms with E-state index in [1.165, 1.54) is 0 Å². The highest BCUT2D eigenvalue weighted by molar-refractivity contribution is 5.88. The molecular weight excluding hydrogens is 440 g/mol. The van der Waals surface area contributed by atoms with Gasteiger partial charge in [-0.05, 0) is 78.1 Å². The molecule has 0 bridgehead atoms. The first-order valence-electron chi connectivity index (χ1n) is 11.5. The Kier molecular flexibility index (Phi) is 9.46. The summed E-state index contributed by atoms with van der Waals surface area (Å²) in [5.74, 6) is 0.790. The van der Waals surface area contributed by atoms with Crippen LogP contribution in [0.25, 0.3) is 22.3 Å². The van der Waals surface area contributed by atoms with E-state index in [-0.39, 0.29) is 6.61 Å². The number of aromatic carboxylic acids is 1. The number of hydrogen-bond acceptors (Lipinski definition) is 4. The van der Waals surface area contributed by atoms with Gasteiger partial charge < -0.3 is 19.7 Å². The van der Waals surface area contributed by atoms with Crippen LogP contribution in [0, 0.1) is 0 Å². The molecule has 0 amide bonds. The number of hydrogen-bond donors (Lipinski definition) is 2. The summed E-state index contributed by atoms with van der Waals surface area (Å²) in [6.45, 7) is 5.30. The monoisotopic (exact) mass is 470 g/mol. The number of rotatable bonds is 8. The van der Waals surface area contributed by atoms with Crippen LogP contribution in [0.5, 0.6) is 11.5 Å². The van der Waals surface area contributed by atoms with Gasteiger partial charge in [0, 0.05) is 0 Å². The van der Waals surface area contributed by atoms with E-state index in [1.807, 2.05) is 80.6 Å². The molecule has 0 saturated carbocycles. The van der Waals surface area contributed by atoms with Crippen LogP contribution in [-0.4, -0.2) is 29.4 Å². The van der Waals surface area contributed by atoms with Crippen LogP contribution >= 0.6 is 0 Å². The third kappa shape index (κ3) is 7.45. The summed E-state index contributed by atoms with van der Waals surface area (Å²) >= 11 is 0. The van der Waals surface area contributed by atoms with Gasteiger partial charge in [-0.3, -0.25) is 0 Å². The van der Waals surface area contributed by atoms with Gasteiger partial charge in [-0.15, -0.1) is 0 Å². The van der Waals surface area contributed by atoms with Crippen molar-refractivity contribution in [3.05, 3.63) is 108 Å². The van der Waals surface area contributed by atoms with E-state index < -0.39 is 5.97 Å². The molecule has 2 N–H and O–H groups in total. The predicted octanol–water partition coefficient (Wildman–Crippen LogP) is 6.70. The zero-order chi connectivity index (χ0) is 25.0. The zero-order valence-corrected chi connectivity index (χ0v) is 20.0. The van der Waals surface area contributed by atoms with Gasteiger partial charge in [0.2, 0.25) is 0 Å². The Morgan fingerprint density at radius 3 is 1.51 bits per heavy atom. The summed E-state index contributed by atoms with van der Waals surface area (Å²) in [4.78, 5) is 10.8. The van der Waals surface area contributed by atoms with E-state index in [2.05, 4.69) is 6.07 Å². The molecule has 5 nitrogen and oxygen atoms in total. The third-order valence-corrected chi connectivity index (χ3v) is 5.23. The van der Waals surface area contributed by atoms with E-state index in [9.17, 15) is 4.79 Å². The maximum atomic E-state index is 10.8. The van der Waals surface area contributed by atoms with Crippen molar-refractivity contribution in [3.8, 4) is 33.8 Å². The molecule has 0 heterocycles. The molecule has 0 atom stereocenters. The minimum Gasteiger partial charge on any atom is -0.494 e. The van der Waals surface area contributed by atoms with E-state index in [0.29, 0.717) is 18.8 Å². The maximum Gasteiger partial charge on any atom is 0.335 e. The third-order valence-electron chi connectivity index (χ3n) is 5.23. The fourth-order valence-electron chi connectivity index (χ4n) is 3.47. The Bertz CT molecular complexity index is 1210. The van der Waals surface area contributed by atoms with Crippen LogP contribution in [0.15, 0.2) is 97.1 Å². The molecule has 180 valence electrons. The van der Waals surface area contributed by atoms with Crippen LogP contribution in [-0.2, 0) is 6.61 Å². The second kappa shape index (κ2) is 13.0. The Morgan fingerprint density at radius 1 is 0.657 bits per heavy atom. The number of aliphatic hydroxyl groups is 1. The predicted molar refractivity (Wildman–Crippen MR) is 139 cm³/mol. The Hall–Kier alpha value is -4.09. The van der Waals surface area contributed by atoms with Crippen LogP contribution in [0.1, 0.15) is 29.8 Å². The van der Waals surface area contributed by atoms with Crippen molar-refractivity contribution in [3.63, 3.8) is 0 Å². The fraction of sp³-hybridized carbons (Fsp3) is 0.167. The van der Waals surface area contributed by atoms with Crippen molar-refractivity contribution in [2.45, 2.75) is 20.5 Å². The lowest BCUT2D eigenvalue weighted by Gasteiger charge is -2.06. The summed E-state index contributed by atoms with van der Waals surface area (Å²) in [5, 5.41) is 17.8. The number of carboxylic acids is 1. The highest BCUT2D eigenvalue weighted by Crippen LogP contribution is 2.25. The van der Waals surface area contributed by atoms with Crippen molar-refractivity contribution in [1.82, 2.24) is 0 Å². The van der Waals surface area contributed by atoms with Gasteiger partial charge in [-0.1, -0.05) is 60.7 Å². The lowest BCUT2D eigenvalue weighted by molar-refractivity contribution is 0.0697. The Balaban J connectivity index is 0.000000196. The van der Waals surface area contributed by atoms with Crippen molar-refractivity contribution in [1.29, 1.82) is 0 Å². The molecule has 0 saturated heterocycles. The molecule has 4 aromatic rings. The number of carbonyl (C=O) groups is 1. The molecule has 0 aromatic heterocycles. The molecule has 0 spiro atoms. The van der Waals surface area contributed by atoms with Gasteiger partial charge in [0.1, 0.15) is 11.5 Å². The summed E-state index contributed by atoms with van der Waals surface area (Å²) < 4.78 is 10.9. The number of carboxylic acid groups (broad SMARTS) is 1. The first-order valence-corrected chi connectivity index (χ1v) is 11.5. The normalized spacial score (nSPS) is 10.1. The minimum atomic E-state index is -0.912. The van der Waals surface area contributed by atoms with Gasteiger partial charge >= 0.3 is 5.97 Å². The van der Waals surface area contributed by atoms with Crippen LogP contribution in [0.4, 0.5) is 0 Å². The maximum absolute atomic E-state index is 10.8. The molecule has 0 aliphatic heterocycles. The molecule has 0 unspecified atom stereocenters. The van der Waals surface area contributed by atoms with Crippen molar-refractivity contribution in [2.24, 2.45) is 0 Å². The zero-order valence-electron chi connectivity index (χ0n) is 20.0. The highest BCUT2D eigenvalue weighted by Gasteiger charge is 2.04. The second-order valence-corrected chi connectivity index (χ2v) is 7.66. The lowest BCUT2D eigenvalue weighted by Crippen LogP contribution is -1.95. The van der Waals surface area contributed by atoms with E-state index in [0.717, 1.165) is 39.3 Å². The molecule has 0 aliphatic carbocycles. The number of benzene rings is 4. The van der Waals surface area contributed by atoms with E-state index >= 15 is 0 Å². The molecule has 0 aliphatic rings. The summed E-state index contributed by atoms with van der Waals surface area (Å²) in [7, 11) is 0. The fourth-order valence-corrected chi connectivity index (χ4v) is 3.47. The molecule has 35 heavy (non-hydrogen) atoms. The summed E-state index contributed by atoms with van der Waals surface area (Å²) in [6.07, 6.45) is 0. The molecule has 5 heteroatoms. The summed E-state index contributed by atoms with van der Waals surface area (Å²) in [6, 6.07) is 30.4. The SMILES string of the molecule is CCOc1cccc(-c2ccc(C(=O)O)cc2)c1.CCOc1cccc(-c2ccc(CO)cc2)c1. The largest absolute Gasteiger partial charge is 0.494 e. The Labute approximate surface area is 206 Å². The molecule has 4 aromatic carbocycles. The topological polar surface area (TPSA) is 76.0 Å².